The summed E-state index contributed by atoms with van der Waals surface area (Å²) in [5.74, 6) is 1.89. The summed E-state index contributed by atoms with van der Waals surface area (Å²) in [5.41, 5.74) is 0.784. The van der Waals surface area contributed by atoms with Gasteiger partial charge in [0, 0.05) is 29.6 Å². The number of benzene rings is 1. The first-order valence-electron chi connectivity index (χ1n) is 11.9. The molecule has 1 fully saturated rings. The van der Waals surface area contributed by atoms with Crippen molar-refractivity contribution in [2.45, 2.75) is 51.6 Å². The highest BCUT2D eigenvalue weighted by Crippen LogP contribution is 2.35. The highest BCUT2D eigenvalue weighted by atomic mass is 32.1. The molecule has 0 spiro atoms. The van der Waals surface area contributed by atoms with Crippen molar-refractivity contribution in [3.63, 3.8) is 0 Å². The van der Waals surface area contributed by atoms with Gasteiger partial charge in [0.1, 0.15) is 24.7 Å². The van der Waals surface area contributed by atoms with Crippen LogP contribution >= 0.6 is 11.3 Å². The van der Waals surface area contributed by atoms with Crippen molar-refractivity contribution < 1.29 is 19.1 Å². The number of nitrogens with zero attached hydrogens (tertiary/aromatic N) is 2. The fourth-order valence-electron chi connectivity index (χ4n) is 4.23. The SMILES string of the molecule is COc1cccc(OC[C@@H]2c3ccsc3CCN2C(=O)CN(CC2CC2)C(=O)NC(C)(C)C)c1. The van der Waals surface area contributed by atoms with E-state index in [0.717, 1.165) is 30.6 Å². The largest absolute Gasteiger partial charge is 0.497 e. The van der Waals surface area contributed by atoms with Gasteiger partial charge in [-0.05, 0) is 75.1 Å². The molecule has 1 aliphatic carbocycles. The molecule has 184 valence electrons. The summed E-state index contributed by atoms with van der Waals surface area (Å²) in [6.07, 6.45) is 3.06. The van der Waals surface area contributed by atoms with E-state index in [2.05, 4.69) is 16.8 Å². The minimum absolute atomic E-state index is 0.0409. The zero-order valence-corrected chi connectivity index (χ0v) is 21.3. The minimum atomic E-state index is -0.355. The summed E-state index contributed by atoms with van der Waals surface area (Å²) in [4.78, 5) is 31.4. The third-order valence-electron chi connectivity index (χ3n) is 6.14. The van der Waals surface area contributed by atoms with Crippen molar-refractivity contribution in [2.24, 2.45) is 5.92 Å². The van der Waals surface area contributed by atoms with Crippen molar-refractivity contribution in [2.75, 3.05) is 33.4 Å². The Bertz CT molecular complexity index is 1010. The van der Waals surface area contributed by atoms with Crippen molar-refractivity contribution in [1.29, 1.82) is 0 Å². The fourth-order valence-corrected chi connectivity index (χ4v) is 5.15. The Morgan fingerprint density at radius 2 is 1.97 bits per heavy atom. The number of ether oxygens (including phenoxy) is 2. The number of carbonyl (C=O) groups is 2. The zero-order valence-electron chi connectivity index (χ0n) is 20.5. The molecule has 2 heterocycles. The van der Waals surface area contributed by atoms with Crippen LogP contribution in [0.4, 0.5) is 4.79 Å². The van der Waals surface area contributed by atoms with Gasteiger partial charge in [0.25, 0.3) is 0 Å². The monoisotopic (exact) mass is 485 g/mol. The molecule has 1 saturated carbocycles. The third-order valence-corrected chi connectivity index (χ3v) is 7.13. The summed E-state index contributed by atoms with van der Waals surface area (Å²) >= 11 is 1.72. The van der Waals surface area contributed by atoms with E-state index in [9.17, 15) is 9.59 Å². The van der Waals surface area contributed by atoms with Crippen molar-refractivity contribution >= 4 is 23.3 Å². The maximum absolute atomic E-state index is 13.6. The van der Waals surface area contributed by atoms with Crippen molar-refractivity contribution in [3.05, 3.63) is 46.2 Å². The lowest BCUT2D eigenvalue weighted by Crippen LogP contribution is -2.53. The van der Waals surface area contributed by atoms with Gasteiger partial charge in [-0.3, -0.25) is 4.79 Å². The van der Waals surface area contributed by atoms with Crippen LogP contribution in [0, 0.1) is 5.92 Å². The van der Waals surface area contributed by atoms with Gasteiger partial charge in [-0.2, -0.15) is 0 Å². The molecule has 4 rings (SSSR count). The van der Waals surface area contributed by atoms with Gasteiger partial charge >= 0.3 is 6.03 Å². The highest BCUT2D eigenvalue weighted by Gasteiger charge is 2.35. The molecule has 1 N–H and O–H groups in total. The van der Waals surface area contributed by atoms with E-state index in [-0.39, 0.29) is 30.1 Å². The second-order valence-corrected chi connectivity index (χ2v) is 11.1. The van der Waals surface area contributed by atoms with Gasteiger partial charge in [-0.25, -0.2) is 4.79 Å². The quantitative estimate of drug-likeness (QED) is 0.598. The summed E-state index contributed by atoms with van der Waals surface area (Å²) in [6.45, 7) is 7.53. The van der Waals surface area contributed by atoms with Crippen LogP contribution in [0.15, 0.2) is 35.7 Å². The van der Waals surface area contributed by atoms with E-state index in [0.29, 0.717) is 31.4 Å². The molecule has 0 unspecified atom stereocenters. The van der Waals surface area contributed by atoms with Gasteiger partial charge in [0.2, 0.25) is 5.91 Å². The number of methoxy groups -OCH3 is 1. The van der Waals surface area contributed by atoms with Crippen LogP contribution in [0.1, 0.15) is 50.1 Å². The first kappa shape index (κ1) is 24.4. The lowest BCUT2D eigenvalue weighted by molar-refractivity contribution is -0.135. The van der Waals surface area contributed by atoms with Gasteiger partial charge in [0.05, 0.1) is 13.2 Å². The van der Waals surface area contributed by atoms with Crippen molar-refractivity contribution in [1.82, 2.24) is 15.1 Å². The molecule has 7 nitrogen and oxygen atoms in total. The predicted molar refractivity (Wildman–Crippen MR) is 134 cm³/mol. The molecule has 1 aromatic heterocycles. The van der Waals surface area contributed by atoms with Gasteiger partial charge in [0.15, 0.2) is 0 Å². The van der Waals surface area contributed by atoms with Crippen LogP contribution in [-0.4, -0.2) is 60.6 Å². The van der Waals surface area contributed by atoms with Gasteiger partial charge in [-0.15, -0.1) is 11.3 Å². The molecule has 1 aliphatic heterocycles. The molecule has 2 aliphatic rings. The molecule has 0 saturated heterocycles. The molecule has 3 amide bonds. The lowest BCUT2D eigenvalue weighted by Gasteiger charge is -2.37. The predicted octanol–water partition coefficient (Wildman–Crippen LogP) is 4.48. The standard InChI is InChI=1S/C26H35N3O4S/c1-26(2,3)27-25(31)28(15-18-8-9-18)16-24(30)29-12-10-23-21(11-13-34-23)22(29)17-33-20-7-5-6-19(14-20)32-4/h5-7,11,13-14,18,22H,8-10,12,15-17H2,1-4H3,(H,27,31)/t22-/m1/s1. The maximum Gasteiger partial charge on any atom is 0.318 e. The van der Waals surface area contributed by atoms with Gasteiger partial charge < -0.3 is 24.6 Å². The minimum Gasteiger partial charge on any atom is -0.497 e. The summed E-state index contributed by atoms with van der Waals surface area (Å²) in [7, 11) is 1.63. The Balaban J connectivity index is 1.49. The van der Waals surface area contributed by atoms with E-state index in [4.69, 9.17) is 9.47 Å². The second-order valence-electron chi connectivity index (χ2n) is 10.1. The molecule has 0 radical (unpaired) electrons. The summed E-state index contributed by atoms with van der Waals surface area (Å²) in [6, 6.07) is 9.22. The van der Waals surface area contributed by atoms with E-state index in [1.807, 2.05) is 49.9 Å². The first-order valence-corrected chi connectivity index (χ1v) is 12.8. The Morgan fingerprint density at radius 3 is 2.68 bits per heavy atom. The molecule has 34 heavy (non-hydrogen) atoms. The van der Waals surface area contributed by atoms with Crippen LogP contribution in [0.25, 0.3) is 0 Å². The van der Waals surface area contributed by atoms with Crippen LogP contribution in [0.5, 0.6) is 11.5 Å². The number of rotatable bonds is 8. The molecule has 1 aromatic carbocycles. The van der Waals surface area contributed by atoms with E-state index >= 15 is 0 Å². The molecule has 2 aromatic rings. The van der Waals surface area contributed by atoms with Crippen molar-refractivity contribution in [3.8, 4) is 11.5 Å². The Kier molecular flexibility index (Phi) is 7.36. The third kappa shape index (κ3) is 6.23. The number of urea groups is 1. The normalized spacial score (nSPS) is 17.6. The Labute approximate surface area is 206 Å². The van der Waals surface area contributed by atoms with Crippen LogP contribution in [0.3, 0.4) is 0 Å². The van der Waals surface area contributed by atoms with Crippen LogP contribution < -0.4 is 14.8 Å². The average molecular weight is 486 g/mol. The van der Waals surface area contributed by atoms with E-state index < -0.39 is 0 Å². The van der Waals surface area contributed by atoms with Crippen LogP contribution in [-0.2, 0) is 11.2 Å². The molecular weight excluding hydrogens is 450 g/mol. The summed E-state index contributed by atoms with van der Waals surface area (Å²) < 4.78 is 11.4. The Morgan fingerprint density at radius 1 is 1.21 bits per heavy atom. The molecule has 1 atom stereocenters. The average Bonchev–Trinajstić information content (AvgIpc) is 3.48. The van der Waals surface area contributed by atoms with E-state index in [1.54, 1.807) is 23.3 Å². The number of fused-ring (bicyclic) bond motifs is 1. The maximum atomic E-state index is 13.6. The second kappa shape index (κ2) is 10.3. The fraction of sp³-hybridized carbons (Fsp3) is 0.538. The molecule has 0 bridgehead atoms. The number of amides is 3. The smallest absolute Gasteiger partial charge is 0.318 e. The summed E-state index contributed by atoms with van der Waals surface area (Å²) in [5, 5.41) is 5.10. The highest BCUT2D eigenvalue weighted by molar-refractivity contribution is 7.10. The molecule has 8 heteroatoms. The Hall–Kier alpha value is -2.74. The molecular formula is C26H35N3O4S. The first-order chi connectivity index (χ1) is 16.2. The number of nitrogens with one attached hydrogen (secondary N) is 1. The number of thiophene rings is 1. The zero-order chi connectivity index (χ0) is 24.3. The van der Waals surface area contributed by atoms with E-state index in [1.165, 1.54) is 4.88 Å². The topological polar surface area (TPSA) is 71.1 Å². The number of carbonyl (C=O) groups excluding carboxylic acids is 2. The van der Waals surface area contributed by atoms with Gasteiger partial charge in [-0.1, -0.05) is 6.07 Å². The lowest BCUT2D eigenvalue weighted by atomic mass is 10.0. The van der Waals surface area contributed by atoms with Crippen LogP contribution in [0.2, 0.25) is 0 Å². The number of hydrogen-bond acceptors (Lipinski definition) is 5. The number of hydrogen-bond donors (Lipinski definition) is 1.